The maximum absolute atomic E-state index is 13.0. The van der Waals surface area contributed by atoms with Crippen molar-refractivity contribution >= 4 is 11.8 Å². The second-order valence-corrected chi connectivity index (χ2v) is 8.16. The summed E-state index contributed by atoms with van der Waals surface area (Å²) in [6.45, 7) is 2.90. The van der Waals surface area contributed by atoms with E-state index in [-0.39, 0.29) is 23.9 Å². The predicted octanol–water partition coefficient (Wildman–Crippen LogP) is 2.26. The first-order valence-electron chi connectivity index (χ1n) is 10.4. The summed E-state index contributed by atoms with van der Waals surface area (Å²) in [5.41, 5.74) is 2.02. The van der Waals surface area contributed by atoms with Gasteiger partial charge in [0, 0.05) is 54.4 Å². The Morgan fingerprint density at radius 2 is 0.933 bits per heavy atom. The Hall–Kier alpha value is -2.70. The van der Waals surface area contributed by atoms with Crippen molar-refractivity contribution in [3.05, 3.63) is 71.8 Å². The fourth-order valence-electron chi connectivity index (χ4n) is 4.03. The number of nitrogens with zero attached hydrogens (tertiary/aromatic N) is 4. The number of hydrogen-bond acceptors (Lipinski definition) is 4. The van der Waals surface area contributed by atoms with Gasteiger partial charge in [0.05, 0.1) is 0 Å². The van der Waals surface area contributed by atoms with Gasteiger partial charge in [-0.2, -0.15) is 0 Å². The average molecular weight is 409 g/mol. The number of hydrogen-bond donors (Lipinski definition) is 0. The Morgan fingerprint density at radius 1 is 0.633 bits per heavy atom. The molecule has 1 saturated heterocycles. The number of carbonyl (C=O) groups is 2. The van der Waals surface area contributed by atoms with Gasteiger partial charge in [0.1, 0.15) is 12.1 Å². The first-order chi connectivity index (χ1) is 14.4. The summed E-state index contributed by atoms with van der Waals surface area (Å²) in [6.07, 6.45) is 0. The number of rotatable bonds is 6. The van der Waals surface area contributed by atoms with E-state index in [1.807, 2.05) is 60.7 Å². The van der Waals surface area contributed by atoms with Gasteiger partial charge in [0.2, 0.25) is 11.8 Å². The number of amides is 2. The van der Waals surface area contributed by atoms with Crippen molar-refractivity contribution < 1.29 is 9.59 Å². The van der Waals surface area contributed by atoms with E-state index in [0.29, 0.717) is 0 Å². The molecular formula is C24H32N4O2. The van der Waals surface area contributed by atoms with Crippen LogP contribution in [0.5, 0.6) is 0 Å². The maximum atomic E-state index is 13.0. The van der Waals surface area contributed by atoms with Gasteiger partial charge in [-0.05, 0) is 11.1 Å². The van der Waals surface area contributed by atoms with Gasteiger partial charge in [0.25, 0.3) is 0 Å². The first-order valence-corrected chi connectivity index (χ1v) is 10.4. The van der Waals surface area contributed by atoms with E-state index >= 15 is 0 Å². The van der Waals surface area contributed by atoms with Gasteiger partial charge in [-0.25, -0.2) is 0 Å². The number of benzene rings is 2. The molecule has 0 bridgehead atoms. The highest BCUT2D eigenvalue weighted by molar-refractivity contribution is 5.83. The molecule has 2 amide bonds. The van der Waals surface area contributed by atoms with Crippen LogP contribution in [0.3, 0.4) is 0 Å². The molecule has 0 aromatic heterocycles. The molecule has 6 heteroatoms. The van der Waals surface area contributed by atoms with E-state index in [1.165, 1.54) is 0 Å². The van der Waals surface area contributed by atoms with Crippen LogP contribution in [0.25, 0.3) is 0 Å². The lowest BCUT2D eigenvalue weighted by atomic mass is 10.0. The van der Waals surface area contributed by atoms with Gasteiger partial charge in [-0.15, -0.1) is 0 Å². The zero-order valence-electron chi connectivity index (χ0n) is 18.4. The summed E-state index contributed by atoms with van der Waals surface area (Å²) in [4.78, 5) is 33.8. The minimum Gasteiger partial charge on any atom is -0.347 e. The van der Waals surface area contributed by atoms with Crippen molar-refractivity contribution in [1.29, 1.82) is 0 Å². The molecule has 0 N–H and O–H groups in total. The summed E-state index contributed by atoms with van der Waals surface area (Å²) in [5, 5.41) is 0. The molecule has 1 aliphatic rings. The second kappa shape index (κ2) is 9.87. The predicted molar refractivity (Wildman–Crippen MR) is 119 cm³/mol. The van der Waals surface area contributed by atoms with E-state index in [4.69, 9.17) is 0 Å². The summed E-state index contributed by atoms with van der Waals surface area (Å²) in [7, 11) is 7.21. The molecule has 0 aliphatic carbocycles. The van der Waals surface area contributed by atoms with Gasteiger partial charge >= 0.3 is 0 Å². The average Bonchev–Trinajstić information content (AvgIpc) is 2.76. The van der Waals surface area contributed by atoms with Crippen molar-refractivity contribution in [2.75, 3.05) is 54.4 Å². The highest BCUT2D eigenvalue weighted by Crippen LogP contribution is 2.28. The molecule has 0 saturated carbocycles. The summed E-state index contributed by atoms with van der Waals surface area (Å²) >= 11 is 0. The number of piperazine rings is 1. The molecule has 2 aromatic rings. The van der Waals surface area contributed by atoms with Crippen molar-refractivity contribution in [3.63, 3.8) is 0 Å². The van der Waals surface area contributed by atoms with Crippen LogP contribution < -0.4 is 0 Å². The monoisotopic (exact) mass is 408 g/mol. The zero-order valence-corrected chi connectivity index (χ0v) is 18.4. The molecule has 0 spiro atoms. The SMILES string of the molecule is CN(C)C(=O)C(c1ccccc1)N1CCN(C(C(=O)N(C)C)c2ccccc2)CC1. The van der Waals surface area contributed by atoms with E-state index in [0.717, 1.165) is 37.3 Å². The van der Waals surface area contributed by atoms with Crippen molar-refractivity contribution in [3.8, 4) is 0 Å². The van der Waals surface area contributed by atoms with Crippen molar-refractivity contribution in [2.24, 2.45) is 0 Å². The topological polar surface area (TPSA) is 47.1 Å². The Kier molecular flexibility index (Phi) is 7.24. The Labute approximate surface area is 179 Å². The van der Waals surface area contributed by atoms with Crippen molar-refractivity contribution in [1.82, 2.24) is 19.6 Å². The lowest BCUT2D eigenvalue weighted by Gasteiger charge is -2.42. The van der Waals surface area contributed by atoms with Crippen LogP contribution in [0.2, 0.25) is 0 Å². The van der Waals surface area contributed by atoms with E-state index in [2.05, 4.69) is 9.80 Å². The molecular weight excluding hydrogens is 376 g/mol. The number of carbonyl (C=O) groups excluding carboxylic acids is 2. The maximum Gasteiger partial charge on any atom is 0.244 e. The van der Waals surface area contributed by atoms with Crippen LogP contribution in [0.1, 0.15) is 23.2 Å². The quantitative estimate of drug-likeness (QED) is 0.736. The molecule has 2 atom stereocenters. The van der Waals surface area contributed by atoms with Crippen molar-refractivity contribution in [2.45, 2.75) is 12.1 Å². The fourth-order valence-corrected chi connectivity index (χ4v) is 4.03. The molecule has 160 valence electrons. The highest BCUT2D eigenvalue weighted by Gasteiger charge is 2.35. The number of likely N-dealkylation sites (N-methyl/N-ethyl adjacent to an activating group) is 2. The van der Waals surface area contributed by atoms with Crippen LogP contribution in [0.15, 0.2) is 60.7 Å². The molecule has 2 aromatic carbocycles. The van der Waals surface area contributed by atoms with Crippen LogP contribution >= 0.6 is 0 Å². The molecule has 0 radical (unpaired) electrons. The normalized spacial score (nSPS) is 17.2. The van der Waals surface area contributed by atoms with Gasteiger partial charge in [-0.3, -0.25) is 19.4 Å². The Balaban J connectivity index is 1.80. The first kappa shape index (κ1) is 22.0. The lowest BCUT2D eigenvalue weighted by molar-refractivity contribution is -0.139. The zero-order chi connectivity index (χ0) is 21.7. The van der Waals surface area contributed by atoms with E-state index in [9.17, 15) is 9.59 Å². The van der Waals surface area contributed by atoms with E-state index < -0.39 is 0 Å². The Bertz CT molecular complexity index is 759. The summed E-state index contributed by atoms with van der Waals surface area (Å²) in [6, 6.07) is 19.3. The molecule has 6 nitrogen and oxygen atoms in total. The van der Waals surface area contributed by atoms with Crippen LogP contribution in [-0.4, -0.2) is 85.8 Å². The summed E-state index contributed by atoms with van der Waals surface area (Å²) in [5.74, 6) is 0.164. The van der Waals surface area contributed by atoms with Gasteiger partial charge in [0.15, 0.2) is 0 Å². The molecule has 1 heterocycles. The third-order valence-corrected chi connectivity index (χ3v) is 5.66. The van der Waals surface area contributed by atoms with Crippen LogP contribution in [-0.2, 0) is 9.59 Å². The molecule has 3 rings (SSSR count). The Morgan fingerprint density at radius 3 is 1.20 bits per heavy atom. The van der Waals surface area contributed by atoms with Gasteiger partial charge in [-0.1, -0.05) is 60.7 Å². The highest BCUT2D eigenvalue weighted by atomic mass is 16.2. The van der Waals surface area contributed by atoms with Gasteiger partial charge < -0.3 is 9.80 Å². The third-order valence-electron chi connectivity index (χ3n) is 5.66. The molecule has 30 heavy (non-hydrogen) atoms. The fraction of sp³-hybridized carbons (Fsp3) is 0.417. The largest absolute Gasteiger partial charge is 0.347 e. The minimum absolute atomic E-state index is 0.0821. The lowest BCUT2D eigenvalue weighted by Crippen LogP contribution is -2.53. The molecule has 1 aliphatic heterocycles. The molecule has 1 fully saturated rings. The standard InChI is InChI=1S/C24H32N4O2/c1-25(2)23(29)21(19-11-7-5-8-12-19)27-15-17-28(18-16-27)22(24(30)26(3)4)20-13-9-6-10-14-20/h5-14,21-22H,15-18H2,1-4H3. The second-order valence-electron chi connectivity index (χ2n) is 8.16. The third kappa shape index (κ3) is 4.89. The van der Waals surface area contributed by atoms with Crippen LogP contribution in [0.4, 0.5) is 0 Å². The van der Waals surface area contributed by atoms with Crippen LogP contribution in [0, 0.1) is 0 Å². The smallest absolute Gasteiger partial charge is 0.244 e. The molecule has 2 unspecified atom stereocenters. The van der Waals surface area contributed by atoms with E-state index in [1.54, 1.807) is 38.0 Å². The minimum atomic E-state index is -0.303. The summed E-state index contributed by atoms with van der Waals surface area (Å²) < 4.78 is 0.